The van der Waals surface area contributed by atoms with Crippen molar-refractivity contribution in [2.45, 2.75) is 25.4 Å². The van der Waals surface area contributed by atoms with E-state index in [-0.39, 0.29) is 17.3 Å². The van der Waals surface area contributed by atoms with Crippen molar-refractivity contribution in [3.63, 3.8) is 0 Å². The molecule has 0 unspecified atom stereocenters. The second kappa shape index (κ2) is 4.87. The van der Waals surface area contributed by atoms with Crippen molar-refractivity contribution in [1.29, 1.82) is 0 Å². The molecule has 5 nitrogen and oxygen atoms in total. The molecule has 2 aromatic rings. The van der Waals surface area contributed by atoms with Gasteiger partial charge in [0.25, 0.3) is 5.95 Å². The second-order valence-electron chi connectivity index (χ2n) is 4.69. The van der Waals surface area contributed by atoms with Gasteiger partial charge in [0.05, 0.1) is 5.56 Å². The first kappa shape index (κ1) is 13.6. The highest BCUT2D eigenvalue weighted by molar-refractivity contribution is 5.77. The summed E-state index contributed by atoms with van der Waals surface area (Å²) in [5, 5.41) is 3.60. The van der Waals surface area contributed by atoms with Crippen LogP contribution >= 0.6 is 0 Å². The van der Waals surface area contributed by atoms with Crippen molar-refractivity contribution in [2.75, 3.05) is 5.73 Å². The van der Waals surface area contributed by atoms with Crippen molar-refractivity contribution in [1.82, 2.24) is 19.7 Å². The Kier molecular flexibility index (Phi) is 3.15. The van der Waals surface area contributed by atoms with E-state index in [2.05, 4.69) is 15.1 Å². The van der Waals surface area contributed by atoms with E-state index < -0.39 is 11.9 Å². The summed E-state index contributed by atoms with van der Waals surface area (Å²) in [4.78, 5) is 7.79. The van der Waals surface area contributed by atoms with Crippen LogP contribution < -0.4 is 5.73 Å². The Balaban J connectivity index is 2.21. The smallest absolute Gasteiger partial charge is 0.383 e. The van der Waals surface area contributed by atoms with E-state index in [4.69, 9.17) is 5.73 Å². The number of anilines is 1. The number of allylic oxidation sites excluding steroid dienone is 2. The summed E-state index contributed by atoms with van der Waals surface area (Å²) >= 11 is 0. The lowest BCUT2D eigenvalue weighted by atomic mass is 10.0. The number of nitrogens with zero attached hydrogens (tertiary/aromatic N) is 4. The quantitative estimate of drug-likeness (QED) is 0.925. The molecular weight excluding hydrogens is 283 g/mol. The highest BCUT2D eigenvalue weighted by Crippen LogP contribution is 2.41. The van der Waals surface area contributed by atoms with Crippen LogP contribution in [0.2, 0.25) is 0 Å². The van der Waals surface area contributed by atoms with E-state index in [1.807, 2.05) is 0 Å². The molecule has 21 heavy (non-hydrogen) atoms. The Hall–Kier alpha value is -2.38. The Labute approximate surface area is 118 Å². The molecule has 0 fully saturated rings. The lowest BCUT2D eigenvalue weighted by Crippen LogP contribution is -2.10. The molecular formula is C13H12F3N5. The molecule has 110 valence electrons. The van der Waals surface area contributed by atoms with Gasteiger partial charge in [0, 0.05) is 12.4 Å². The SMILES string of the molecule is Nc1c(C2=CCCC2)c(C(F)(F)F)nn1-c1ncccn1. The molecule has 2 aromatic heterocycles. The average Bonchev–Trinajstić information content (AvgIpc) is 3.06. The topological polar surface area (TPSA) is 69.6 Å². The first-order valence-electron chi connectivity index (χ1n) is 6.41. The third kappa shape index (κ3) is 2.37. The van der Waals surface area contributed by atoms with Gasteiger partial charge in [-0.25, -0.2) is 9.97 Å². The van der Waals surface area contributed by atoms with Gasteiger partial charge < -0.3 is 5.73 Å². The fraction of sp³-hybridized carbons (Fsp3) is 0.308. The third-order valence-corrected chi connectivity index (χ3v) is 3.29. The summed E-state index contributed by atoms with van der Waals surface area (Å²) < 4.78 is 40.6. The predicted octanol–water partition coefficient (Wildman–Crippen LogP) is 2.83. The zero-order valence-electron chi connectivity index (χ0n) is 10.9. The second-order valence-corrected chi connectivity index (χ2v) is 4.69. The van der Waals surface area contributed by atoms with E-state index in [0.717, 1.165) is 17.5 Å². The molecule has 8 heteroatoms. The third-order valence-electron chi connectivity index (χ3n) is 3.29. The van der Waals surface area contributed by atoms with Crippen LogP contribution in [0.3, 0.4) is 0 Å². The summed E-state index contributed by atoms with van der Waals surface area (Å²) in [6.45, 7) is 0. The first-order valence-corrected chi connectivity index (χ1v) is 6.41. The lowest BCUT2D eigenvalue weighted by molar-refractivity contribution is -0.141. The Morgan fingerprint density at radius 1 is 1.19 bits per heavy atom. The maximum atomic E-state index is 13.2. The largest absolute Gasteiger partial charge is 0.435 e. The predicted molar refractivity (Wildman–Crippen MR) is 70.4 cm³/mol. The Bertz CT molecular complexity index is 688. The summed E-state index contributed by atoms with van der Waals surface area (Å²) in [5.74, 6) is -0.0629. The maximum Gasteiger partial charge on any atom is 0.435 e. The number of nitrogen functional groups attached to an aromatic ring is 1. The molecule has 1 aliphatic rings. The maximum absolute atomic E-state index is 13.2. The highest BCUT2D eigenvalue weighted by atomic mass is 19.4. The minimum Gasteiger partial charge on any atom is -0.383 e. The zero-order chi connectivity index (χ0) is 15.0. The molecule has 0 atom stereocenters. The molecule has 0 aromatic carbocycles. The van der Waals surface area contributed by atoms with Crippen molar-refractivity contribution >= 4 is 11.4 Å². The van der Waals surface area contributed by atoms with E-state index in [9.17, 15) is 13.2 Å². The molecule has 0 spiro atoms. The average molecular weight is 295 g/mol. The molecule has 0 saturated heterocycles. The highest BCUT2D eigenvalue weighted by Gasteiger charge is 2.40. The van der Waals surface area contributed by atoms with Gasteiger partial charge in [0.1, 0.15) is 5.82 Å². The number of nitrogens with two attached hydrogens (primary N) is 1. The van der Waals surface area contributed by atoms with Crippen molar-refractivity contribution in [3.8, 4) is 5.95 Å². The van der Waals surface area contributed by atoms with Crippen LogP contribution in [0.5, 0.6) is 0 Å². The number of aromatic nitrogens is 4. The Morgan fingerprint density at radius 2 is 1.90 bits per heavy atom. The molecule has 2 N–H and O–H groups in total. The molecule has 3 rings (SSSR count). The van der Waals surface area contributed by atoms with Gasteiger partial charge in [0.2, 0.25) is 0 Å². The fourth-order valence-corrected chi connectivity index (χ4v) is 2.40. The molecule has 2 heterocycles. The minimum absolute atomic E-state index is 0.0188. The van der Waals surface area contributed by atoms with Crippen LogP contribution in [0.25, 0.3) is 11.5 Å². The molecule has 0 radical (unpaired) electrons. The summed E-state index contributed by atoms with van der Waals surface area (Å²) in [6, 6.07) is 1.56. The number of halogens is 3. The first-order chi connectivity index (χ1) is 9.98. The number of hydrogen-bond acceptors (Lipinski definition) is 4. The van der Waals surface area contributed by atoms with Gasteiger partial charge in [-0.15, -0.1) is 0 Å². The van der Waals surface area contributed by atoms with Crippen LogP contribution in [0.1, 0.15) is 30.5 Å². The molecule has 0 saturated carbocycles. The standard InChI is InChI=1S/C13H12F3N5/c14-13(15,16)10-9(8-4-1-2-5-8)11(17)21(20-10)12-18-6-3-7-19-12/h3-4,6-7H,1-2,5,17H2. The fourth-order valence-electron chi connectivity index (χ4n) is 2.40. The van der Waals surface area contributed by atoms with Gasteiger partial charge in [-0.2, -0.15) is 23.0 Å². The normalized spacial score (nSPS) is 15.3. The number of rotatable bonds is 2. The van der Waals surface area contributed by atoms with E-state index in [0.29, 0.717) is 12.0 Å². The summed E-state index contributed by atoms with van der Waals surface area (Å²) in [6.07, 6.45) is 2.18. The van der Waals surface area contributed by atoms with Crippen LogP contribution in [0.4, 0.5) is 19.0 Å². The van der Waals surface area contributed by atoms with E-state index in [1.54, 1.807) is 12.1 Å². The van der Waals surface area contributed by atoms with Crippen molar-refractivity contribution in [3.05, 3.63) is 35.8 Å². The monoisotopic (exact) mass is 295 g/mol. The van der Waals surface area contributed by atoms with Crippen LogP contribution in [-0.2, 0) is 6.18 Å². The van der Waals surface area contributed by atoms with Gasteiger partial charge in [-0.05, 0) is 30.9 Å². The van der Waals surface area contributed by atoms with E-state index >= 15 is 0 Å². The van der Waals surface area contributed by atoms with Gasteiger partial charge in [-0.1, -0.05) is 6.08 Å². The van der Waals surface area contributed by atoms with Gasteiger partial charge in [0.15, 0.2) is 5.69 Å². The van der Waals surface area contributed by atoms with Crippen molar-refractivity contribution in [2.24, 2.45) is 0 Å². The van der Waals surface area contributed by atoms with Crippen LogP contribution in [-0.4, -0.2) is 19.7 Å². The zero-order valence-corrected chi connectivity index (χ0v) is 10.9. The van der Waals surface area contributed by atoms with Crippen LogP contribution in [0, 0.1) is 0 Å². The summed E-state index contributed by atoms with van der Waals surface area (Å²) in [7, 11) is 0. The van der Waals surface area contributed by atoms with Crippen LogP contribution in [0.15, 0.2) is 24.5 Å². The van der Waals surface area contributed by atoms with Gasteiger partial charge >= 0.3 is 6.18 Å². The Morgan fingerprint density at radius 3 is 2.48 bits per heavy atom. The van der Waals surface area contributed by atoms with E-state index in [1.165, 1.54) is 12.4 Å². The number of hydrogen-bond donors (Lipinski definition) is 1. The summed E-state index contributed by atoms with van der Waals surface area (Å²) in [5.41, 5.74) is 5.44. The molecule has 0 aliphatic heterocycles. The number of alkyl halides is 3. The minimum atomic E-state index is -4.58. The van der Waals surface area contributed by atoms with Crippen molar-refractivity contribution < 1.29 is 13.2 Å². The van der Waals surface area contributed by atoms with Gasteiger partial charge in [-0.3, -0.25) is 0 Å². The lowest BCUT2D eigenvalue weighted by Gasteiger charge is -2.07. The molecule has 0 bridgehead atoms. The molecule has 1 aliphatic carbocycles. The molecule has 0 amide bonds.